The van der Waals surface area contributed by atoms with Crippen LogP contribution in [-0.4, -0.2) is 68.2 Å². The van der Waals surface area contributed by atoms with Crippen LogP contribution >= 0.6 is 0 Å². The summed E-state index contributed by atoms with van der Waals surface area (Å²) in [5, 5.41) is 2.59. The second-order valence-corrected chi connectivity index (χ2v) is 5.46. The fourth-order valence-electron chi connectivity index (χ4n) is 2.50. The summed E-state index contributed by atoms with van der Waals surface area (Å²) in [6, 6.07) is -0.827. The van der Waals surface area contributed by atoms with Gasteiger partial charge in [0, 0.05) is 34.8 Å². The monoisotopic (exact) mass is 361 g/mol. The molecule has 0 aromatic carbocycles. The molecule has 0 aromatic rings. The van der Waals surface area contributed by atoms with Crippen molar-refractivity contribution in [3.8, 4) is 0 Å². The van der Waals surface area contributed by atoms with Gasteiger partial charge < -0.3 is 29.0 Å². The molecule has 1 heterocycles. The van der Waals surface area contributed by atoms with Gasteiger partial charge in [-0.15, -0.1) is 0 Å². The first kappa shape index (κ1) is 20.8. The van der Waals surface area contributed by atoms with Crippen molar-refractivity contribution in [1.29, 1.82) is 0 Å². The first-order chi connectivity index (χ1) is 11.6. The molecule has 1 rings (SSSR count). The smallest absolute Gasteiger partial charge is 0.303 e. The number of rotatable bonds is 7. The summed E-state index contributed by atoms with van der Waals surface area (Å²) in [5.74, 6) is -2.24. The molecule has 5 atom stereocenters. The largest absolute Gasteiger partial charge is 0.462 e. The Morgan fingerprint density at radius 2 is 1.68 bits per heavy atom. The number of nitrogens with one attached hydrogen (secondary N) is 1. The molecular formula is C15H23NO9. The normalized spacial score (nSPS) is 26.4. The van der Waals surface area contributed by atoms with Crippen LogP contribution in [0.3, 0.4) is 0 Å². The summed E-state index contributed by atoms with van der Waals surface area (Å²) in [4.78, 5) is 45.3. The maximum Gasteiger partial charge on any atom is 0.303 e. The van der Waals surface area contributed by atoms with Gasteiger partial charge in [-0.25, -0.2) is 0 Å². The Kier molecular flexibility index (Phi) is 7.78. The van der Waals surface area contributed by atoms with E-state index in [2.05, 4.69) is 5.32 Å². The van der Waals surface area contributed by atoms with Gasteiger partial charge in [-0.2, -0.15) is 0 Å². The fraction of sp³-hybridized carbons (Fsp3) is 0.733. The van der Waals surface area contributed by atoms with Crippen molar-refractivity contribution >= 4 is 23.8 Å². The molecule has 0 spiro atoms. The van der Waals surface area contributed by atoms with Crippen LogP contribution in [0.2, 0.25) is 0 Å². The lowest BCUT2D eigenvalue weighted by molar-refractivity contribution is -0.186. The quantitative estimate of drug-likeness (QED) is 0.462. The van der Waals surface area contributed by atoms with Gasteiger partial charge >= 0.3 is 17.9 Å². The maximum absolute atomic E-state index is 11.5. The molecule has 0 saturated carbocycles. The van der Waals surface area contributed by atoms with Crippen molar-refractivity contribution in [2.75, 3.05) is 13.7 Å². The van der Waals surface area contributed by atoms with Crippen molar-refractivity contribution < 1.29 is 42.9 Å². The predicted molar refractivity (Wildman–Crippen MR) is 81.0 cm³/mol. The lowest BCUT2D eigenvalue weighted by atomic mass is 10.0. The molecule has 1 saturated heterocycles. The predicted octanol–water partition coefficient (Wildman–Crippen LogP) is -0.711. The van der Waals surface area contributed by atoms with Gasteiger partial charge in [0.15, 0.2) is 18.5 Å². The van der Waals surface area contributed by atoms with Crippen LogP contribution in [0.4, 0.5) is 0 Å². The van der Waals surface area contributed by atoms with Crippen LogP contribution in [0, 0.1) is 0 Å². The van der Waals surface area contributed by atoms with Crippen molar-refractivity contribution in [2.24, 2.45) is 0 Å². The minimum absolute atomic E-state index is 0.305. The highest BCUT2D eigenvalue weighted by Crippen LogP contribution is 2.29. The molecule has 1 aliphatic heterocycles. The SMILES string of the molecule is CO[C@H]1O[C@H]([C@@H](COC(C)=O)OC(C)=O)[C@@H](OC(C)=O)[C@@H]1NC(C)=O. The van der Waals surface area contributed by atoms with E-state index in [0.29, 0.717) is 0 Å². The van der Waals surface area contributed by atoms with E-state index in [1.165, 1.54) is 34.8 Å². The van der Waals surface area contributed by atoms with Gasteiger partial charge in [0.25, 0.3) is 0 Å². The third-order valence-corrected chi connectivity index (χ3v) is 3.30. The van der Waals surface area contributed by atoms with Crippen molar-refractivity contribution in [2.45, 2.75) is 58.3 Å². The lowest BCUT2D eigenvalue weighted by Gasteiger charge is -2.27. The van der Waals surface area contributed by atoms with Crippen molar-refractivity contribution in [1.82, 2.24) is 5.32 Å². The minimum atomic E-state index is -1.05. The maximum atomic E-state index is 11.5. The summed E-state index contributed by atoms with van der Waals surface area (Å²) in [7, 11) is 1.35. The first-order valence-electron chi connectivity index (χ1n) is 7.58. The van der Waals surface area contributed by atoms with E-state index in [4.69, 9.17) is 23.7 Å². The highest BCUT2D eigenvalue weighted by Gasteiger charge is 2.52. The number of carbonyl (C=O) groups excluding carboxylic acids is 4. The molecule has 1 N–H and O–H groups in total. The molecule has 1 aliphatic rings. The van der Waals surface area contributed by atoms with Crippen LogP contribution in [0.25, 0.3) is 0 Å². The van der Waals surface area contributed by atoms with Gasteiger partial charge in [-0.05, 0) is 0 Å². The second kappa shape index (κ2) is 9.33. The summed E-state index contributed by atoms with van der Waals surface area (Å²) in [6.45, 7) is 4.54. The molecule has 25 heavy (non-hydrogen) atoms. The van der Waals surface area contributed by atoms with E-state index < -0.39 is 54.5 Å². The Bertz CT molecular complexity index is 521. The molecule has 0 aromatic heterocycles. The highest BCUT2D eigenvalue weighted by molar-refractivity contribution is 5.73. The lowest BCUT2D eigenvalue weighted by Crippen LogP contribution is -2.51. The van der Waals surface area contributed by atoms with E-state index in [1.54, 1.807) is 0 Å². The molecule has 0 radical (unpaired) electrons. The van der Waals surface area contributed by atoms with Crippen LogP contribution < -0.4 is 5.32 Å². The molecule has 0 aliphatic carbocycles. The summed E-state index contributed by atoms with van der Waals surface area (Å²) < 4.78 is 26.1. The summed E-state index contributed by atoms with van der Waals surface area (Å²) in [6.07, 6.45) is -4.02. The number of hydrogen-bond donors (Lipinski definition) is 1. The highest BCUT2D eigenvalue weighted by atomic mass is 16.7. The van der Waals surface area contributed by atoms with Gasteiger partial charge in [-0.3, -0.25) is 19.2 Å². The average molecular weight is 361 g/mol. The molecule has 0 unspecified atom stereocenters. The number of amides is 1. The van der Waals surface area contributed by atoms with Gasteiger partial charge in [0.05, 0.1) is 0 Å². The molecule has 0 bridgehead atoms. The van der Waals surface area contributed by atoms with E-state index in [1.807, 2.05) is 0 Å². The summed E-state index contributed by atoms with van der Waals surface area (Å²) in [5.41, 5.74) is 0. The van der Waals surface area contributed by atoms with E-state index in [0.717, 1.165) is 0 Å². The molecular weight excluding hydrogens is 338 g/mol. The minimum Gasteiger partial charge on any atom is -0.462 e. The first-order valence-corrected chi connectivity index (χ1v) is 7.58. The third kappa shape index (κ3) is 6.31. The molecule has 142 valence electrons. The topological polar surface area (TPSA) is 126 Å². The molecule has 1 fully saturated rings. The molecule has 10 heteroatoms. The Morgan fingerprint density at radius 3 is 2.12 bits per heavy atom. The summed E-state index contributed by atoms with van der Waals surface area (Å²) >= 11 is 0. The third-order valence-electron chi connectivity index (χ3n) is 3.30. The standard InChI is InChI=1S/C15H23NO9/c1-7(17)16-12-14(24-10(4)20)13(25-15(12)21-5)11(23-9(3)19)6-22-8(2)18/h11-15H,6H2,1-5H3,(H,16,17)/t11-,12+,13-,14+,15+/m1/s1. The Balaban J connectivity index is 3.10. The van der Waals surface area contributed by atoms with Gasteiger partial charge in [0.1, 0.15) is 18.8 Å². The number of ether oxygens (including phenoxy) is 5. The van der Waals surface area contributed by atoms with Gasteiger partial charge in [0.2, 0.25) is 5.91 Å². The Labute approximate surface area is 145 Å². The average Bonchev–Trinajstić information content (AvgIpc) is 2.79. The number of hydrogen-bond acceptors (Lipinski definition) is 9. The van der Waals surface area contributed by atoms with Crippen LogP contribution in [0.5, 0.6) is 0 Å². The van der Waals surface area contributed by atoms with Crippen LogP contribution in [0.15, 0.2) is 0 Å². The van der Waals surface area contributed by atoms with Crippen LogP contribution in [0.1, 0.15) is 27.7 Å². The number of esters is 3. The van der Waals surface area contributed by atoms with E-state index >= 15 is 0 Å². The second-order valence-electron chi connectivity index (χ2n) is 5.46. The van der Waals surface area contributed by atoms with Crippen LogP contribution in [-0.2, 0) is 42.9 Å². The molecule has 1 amide bonds. The van der Waals surface area contributed by atoms with E-state index in [9.17, 15) is 19.2 Å². The van der Waals surface area contributed by atoms with E-state index in [-0.39, 0.29) is 6.61 Å². The number of carbonyl (C=O) groups is 4. The Morgan fingerprint density at radius 1 is 1.04 bits per heavy atom. The van der Waals surface area contributed by atoms with Gasteiger partial charge in [-0.1, -0.05) is 0 Å². The molecule has 10 nitrogen and oxygen atoms in total. The van der Waals surface area contributed by atoms with Crippen molar-refractivity contribution in [3.63, 3.8) is 0 Å². The van der Waals surface area contributed by atoms with Crippen molar-refractivity contribution in [3.05, 3.63) is 0 Å². The Hall–Kier alpha value is -2.20. The zero-order chi connectivity index (χ0) is 19.1. The zero-order valence-corrected chi connectivity index (χ0v) is 14.8. The fourth-order valence-corrected chi connectivity index (χ4v) is 2.50. The number of methoxy groups -OCH3 is 1. The zero-order valence-electron chi connectivity index (χ0n) is 14.8.